The largest absolute Gasteiger partial charge is 0.354 e. The van der Waals surface area contributed by atoms with E-state index < -0.39 is 0 Å². The SMILES string of the molecule is CCNCC(=O)NCCN(C)C.Cl. The average molecular weight is 210 g/mol. The molecule has 0 saturated heterocycles. The highest BCUT2D eigenvalue weighted by Gasteiger charge is 1.97. The average Bonchev–Trinajstić information content (AvgIpc) is 2.00. The van der Waals surface area contributed by atoms with Crippen LogP contribution in [0.15, 0.2) is 0 Å². The summed E-state index contributed by atoms with van der Waals surface area (Å²) in [5.41, 5.74) is 0. The van der Waals surface area contributed by atoms with Crippen LogP contribution in [0.3, 0.4) is 0 Å². The fourth-order valence-electron chi connectivity index (χ4n) is 0.720. The van der Waals surface area contributed by atoms with Gasteiger partial charge < -0.3 is 15.5 Å². The van der Waals surface area contributed by atoms with E-state index in [1.807, 2.05) is 25.9 Å². The Kier molecular flexibility index (Phi) is 11.4. The van der Waals surface area contributed by atoms with E-state index in [0.29, 0.717) is 6.54 Å². The molecule has 2 N–H and O–H groups in total. The van der Waals surface area contributed by atoms with E-state index in [9.17, 15) is 4.79 Å². The number of likely N-dealkylation sites (N-methyl/N-ethyl adjacent to an activating group) is 2. The molecule has 4 nitrogen and oxygen atoms in total. The Hall–Kier alpha value is -0.320. The molecule has 0 heterocycles. The lowest BCUT2D eigenvalue weighted by Crippen LogP contribution is -2.37. The van der Waals surface area contributed by atoms with Gasteiger partial charge in [0.05, 0.1) is 6.54 Å². The van der Waals surface area contributed by atoms with Crippen molar-refractivity contribution < 1.29 is 4.79 Å². The van der Waals surface area contributed by atoms with Gasteiger partial charge in [-0.15, -0.1) is 12.4 Å². The fraction of sp³-hybridized carbons (Fsp3) is 0.875. The maximum atomic E-state index is 11.0. The van der Waals surface area contributed by atoms with Crippen LogP contribution < -0.4 is 10.6 Å². The van der Waals surface area contributed by atoms with Crippen LogP contribution in [0.2, 0.25) is 0 Å². The summed E-state index contributed by atoms with van der Waals surface area (Å²) in [6.07, 6.45) is 0. The van der Waals surface area contributed by atoms with Crippen LogP contribution in [0.4, 0.5) is 0 Å². The molecule has 0 radical (unpaired) electrons. The number of nitrogens with zero attached hydrogens (tertiary/aromatic N) is 1. The molecular formula is C8H20ClN3O. The number of hydrogen-bond donors (Lipinski definition) is 2. The van der Waals surface area contributed by atoms with Gasteiger partial charge in [-0.25, -0.2) is 0 Å². The summed E-state index contributed by atoms with van der Waals surface area (Å²) in [5.74, 6) is 0.0682. The summed E-state index contributed by atoms with van der Waals surface area (Å²) >= 11 is 0. The standard InChI is InChI=1S/C8H19N3O.ClH/c1-4-9-7-8(12)10-5-6-11(2)3;/h9H,4-7H2,1-3H3,(H,10,12);1H. The van der Waals surface area contributed by atoms with Crippen molar-refractivity contribution >= 4 is 18.3 Å². The van der Waals surface area contributed by atoms with Gasteiger partial charge in [-0.05, 0) is 20.6 Å². The molecule has 0 aromatic rings. The van der Waals surface area contributed by atoms with Gasteiger partial charge in [0.1, 0.15) is 0 Å². The first-order valence-electron chi connectivity index (χ1n) is 4.29. The summed E-state index contributed by atoms with van der Waals surface area (Å²) in [7, 11) is 3.97. The second-order valence-electron chi connectivity index (χ2n) is 2.93. The minimum atomic E-state index is 0. The summed E-state index contributed by atoms with van der Waals surface area (Å²) in [6, 6.07) is 0. The third kappa shape index (κ3) is 11.7. The van der Waals surface area contributed by atoms with Gasteiger partial charge in [-0.1, -0.05) is 6.92 Å². The molecule has 0 aromatic carbocycles. The number of nitrogens with one attached hydrogen (secondary N) is 2. The van der Waals surface area contributed by atoms with Gasteiger partial charge in [-0.2, -0.15) is 0 Å². The van der Waals surface area contributed by atoms with Crippen molar-refractivity contribution in [2.75, 3.05) is 40.3 Å². The molecule has 80 valence electrons. The van der Waals surface area contributed by atoms with Crippen LogP contribution in [-0.2, 0) is 4.79 Å². The van der Waals surface area contributed by atoms with Crippen molar-refractivity contribution in [3.8, 4) is 0 Å². The molecule has 0 aliphatic carbocycles. The van der Waals surface area contributed by atoms with Gasteiger partial charge in [-0.3, -0.25) is 4.79 Å². The van der Waals surface area contributed by atoms with E-state index in [1.165, 1.54) is 0 Å². The molecule has 0 spiro atoms. The molecule has 0 rings (SSSR count). The molecular weight excluding hydrogens is 190 g/mol. The van der Waals surface area contributed by atoms with E-state index in [-0.39, 0.29) is 18.3 Å². The van der Waals surface area contributed by atoms with Gasteiger partial charge in [0.2, 0.25) is 5.91 Å². The maximum Gasteiger partial charge on any atom is 0.234 e. The molecule has 0 unspecified atom stereocenters. The zero-order valence-corrected chi connectivity index (χ0v) is 9.41. The van der Waals surface area contributed by atoms with Crippen LogP contribution in [0.25, 0.3) is 0 Å². The van der Waals surface area contributed by atoms with Crippen LogP contribution >= 0.6 is 12.4 Å². The van der Waals surface area contributed by atoms with Gasteiger partial charge in [0, 0.05) is 13.1 Å². The second-order valence-corrected chi connectivity index (χ2v) is 2.93. The van der Waals surface area contributed by atoms with Crippen molar-refractivity contribution in [2.45, 2.75) is 6.92 Å². The molecule has 0 fully saturated rings. The number of carbonyl (C=O) groups is 1. The normalized spacial score (nSPS) is 9.54. The van der Waals surface area contributed by atoms with Crippen molar-refractivity contribution in [1.29, 1.82) is 0 Å². The topological polar surface area (TPSA) is 44.4 Å². The molecule has 0 aliphatic heterocycles. The molecule has 0 saturated carbocycles. The van der Waals surface area contributed by atoms with Crippen molar-refractivity contribution in [2.24, 2.45) is 0 Å². The Balaban J connectivity index is 0. The highest BCUT2D eigenvalue weighted by molar-refractivity contribution is 5.85. The smallest absolute Gasteiger partial charge is 0.234 e. The Morgan fingerprint density at radius 2 is 2.00 bits per heavy atom. The van der Waals surface area contributed by atoms with E-state index in [1.54, 1.807) is 0 Å². The predicted molar refractivity (Wildman–Crippen MR) is 57.4 cm³/mol. The monoisotopic (exact) mass is 209 g/mol. The first kappa shape index (κ1) is 15.2. The fourth-order valence-corrected chi connectivity index (χ4v) is 0.720. The van der Waals surface area contributed by atoms with Crippen LogP contribution in [-0.4, -0.2) is 51.1 Å². The highest BCUT2D eigenvalue weighted by Crippen LogP contribution is 1.71. The molecule has 0 atom stereocenters. The Labute approximate surface area is 86.5 Å². The van der Waals surface area contributed by atoms with Crippen molar-refractivity contribution in [3.05, 3.63) is 0 Å². The number of halogens is 1. The summed E-state index contributed by atoms with van der Waals surface area (Å²) in [4.78, 5) is 13.0. The quantitative estimate of drug-likeness (QED) is 0.631. The van der Waals surface area contributed by atoms with Crippen LogP contribution in [0.5, 0.6) is 0 Å². The zero-order valence-electron chi connectivity index (χ0n) is 8.59. The maximum absolute atomic E-state index is 11.0. The lowest BCUT2D eigenvalue weighted by molar-refractivity contribution is -0.120. The number of carbonyl (C=O) groups excluding carboxylic acids is 1. The van der Waals surface area contributed by atoms with Gasteiger partial charge in [0.15, 0.2) is 0 Å². The summed E-state index contributed by atoms with van der Waals surface area (Å²) in [6.45, 7) is 4.84. The second kappa shape index (κ2) is 9.77. The minimum Gasteiger partial charge on any atom is -0.354 e. The first-order chi connectivity index (χ1) is 5.66. The van der Waals surface area contributed by atoms with E-state index in [2.05, 4.69) is 10.6 Å². The molecule has 5 heteroatoms. The molecule has 0 aliphatic rings. The molecule has 13 heavy (non-hydrogen) atoms. The van der Waals surface area contributed by atoms with E-state index in [0.717, 1.165) is 19.6 Å². The molecule has 0 aromatic heterocycles. The highest BCUT2D eigenvalue weighted by atomic mass is 35.5. The van der Waals surface area contributed by atoms with Crippen LogP contribution in [0.1, 0.15) is 6.92 Å². The van der Waals surface area contributed by atoms with Crippen molar-refractivity contribution in [1.82, 2.24) is 15.5 Å². The van der Waals surface area contributed by atoms with Gasteiger partial charge >= 0.3 is 0 Å². The Morgan fingerprint density at radius 1 is 1.38 bits per heavy atom. The third-order valence-electron chi connectivity index (χ3n) is 1.42. The van der Waals surface area contributed by atoms with Crippen LogP contribution in [0, 0.1) is 0 Å². The summed E-state index contributed by atoms with van der Waals surface area (Å²) < 4.78 is 0. The zero-order chi connectivity index (χ0) is 9.40. The lowest BCUT2D eigenvalue weighted by atomic mass is 10.5. The Bertz CT molecular complexity index is 131. The lowest BCUT2D eigenvalue weighted by Gasteiger charge is -2.10. The number of amides is 1. The Morgan fingerprint density at radius 3 is 2.46 bits per heavy atom. The van der Waals surface area contributed by atoms with Gasteiger partial charge in [0.25, 0.3) is 0 Å². The van der Waals surface area contributed by atoms with E-state index in [4.69, 9.17) is 0 Å². The summed E-state index contributed by atoms with van der Waals surface area (Å²) in [5, 5.41) is 5.77. The first-order valence-corrected chi connectivity index (χ1v) is 4.29. The van der Waals surface area contributed by atoms with Crippen molar-refractivity contribution in [3.63, 3.8) is 0 Å². The number of rotatable bonds is 6. The third-order valence-corrected chi connectivity index (χ3v) is 1.42. The predicted octanol–water partition coefficient (Wildman–Crippen LogP) is -0.304. The molecule has 1 amide bonds. The molecule has 0 bridgehead atoms. The minimum absolute atomic E-state index is 0. The van der Waals surface area contributed by atoms with E-state index >= 15 is 0 Å². The number of hydrogen-bond acceptors (Lipinski definition) is 3.